The van der Waals surface area contributed by atoms with E-state index in [1.165, 1.54) is 24.3 Å². The second kappa shape index (κ2) is 29.1. The molecule has 4 aliphatic heterocycles. The van der Waals surface area contributed by atoms with Crippen molar-refractivity contribution in [3.8, 4) is 0 Å². The summed E-state index contributed by atoms with van der Waals surface area (Å²) in [6.45, 7) is -1.80. The molecule has 1 N–H and O–H groups in total. The van der Waals surface area contributed by atoms with Gasteiger partial charge in [-0.15, -0.1) is 0 Å². The number of alkyl halides is 6. The van der Waals surface area contributed by atoms with E-state index < -0.39 is 108 Å². The van der Waals surface area contributed by atoms with Crippen LogP contribution in [0.5, 0.6) is 0 Å². The number of aryl methyl sites for hydroxylation is 2. The van der Waals surface area contributed by atoms with Gasteiger partial charge in [-0.2, -0.15) is 26.3 Å². The molecule has 0 unspecified atom stereocenters. The van der Waals surface area contributed by atoms with Crippen LogP contribution in [0.15, 0.2) is 216 Å². The summed E-state index contributed by atoms with van der Waals surface area (Å²) in [5.41, 5.74) is 5.57. The zero-order valence-electron chi connectivity index (χ0n) is 51.4. The SMILES string of the molecule is C.C.N=C(c1ccccc1)c1ccccc1.O=C1O[C@@]2(CCc3cc(Br)ccc32)C(=O)N1CC(=O)N1[C@H](c2ccc(F)cc2)CC[C@@H]1C(F)(F)F.O=C1O[C@@]2(CCc3cc(N=C(c4ccccc4)c4ccccc4)ccc32)C(=O)N1CC(=O)N1[C@H](c2ccc(F)cc2)CC[C@@H]1C(F)(F)F. The third-order valence-corrected chi connectivity index (χ3v) is 18.8. The van der Waals surface area contributed by atoms with Gasteiger partial charge in [-0.3, -0.25) is 24.6 Å². The van der Waals surface area contributed by atoms with Crippen molar-refractivity contribution in [2.24, 2.45) is 4.99 Å². The average Bonchev–Trinajstić information content (AvgIpc) is 1.58. The Bertz CT molecular complexity index is 4280. The quantitative estimate of drug-likeness (QED) is 0.0985. The fourth-order valence-corrected chi connectivity index (χ4v) is 14.2. The third-order valence-electron chi connectivity index (χ3n) is 18.3. The Kier molecular flexibility index (Phi) is 21.1. The molecule has 14 nitrogen and oxygen atoms in total. The van der Waals surface area contributed by atoms with Crippen LogP contribution in [0.25, 0.3) is 0 Å². The molecule has 2 spiro atoms. The molecule has 4 fully saturated rings. The van der Waals surface area contributed by atoms with E-state index >= 15 is 0 Å². The van der Waals surface area contributed by atoms with E-state index in [0.29, 0.717) is 66.1 Å². The second-order valence-corrected chi connectivity index (χ2v) is 25.0. The number of carbonyl (C=O) groups is 6. The summed E-state index contributed by atoms with van der Waals surface area (Å²) < 4.78 is 122. The molecular weight excluding hydrogens is 1360 g/mol. The van der Waals surface area contributed by atoms with Crippen molar-refractivity contribution >= 4 is 68.9 Å². The highest BCUT2D eigenvalue weighted by Crippen LogP contribution is 2.50. The first-order valence-electron chi connectivity index (χ1n) is 31.1. The summed E-state index contributed by atoms with van der Waals surface area (Å²) in [7, 11) is 0. The van der Waals surface area contributed by atoms with Gasteiger partial charge in [-0.25, -0.2) is 33.2 Å². The number of halogens is 9. The largest absolute Gasteiger partial charge is 0.427 e. The molecule has 6 amide bonds. The lowest BCUT2D eigenvalue weighted by Gasteiger charge is -2.32. The fraction of sp³-hybridized carbons (Fsp3) is 0.263. The van der Waals surface area contributed by atoms with Gasteiger partial charge in [0.2, 0.25) is 23.0 Å². The molecule has 8 aromatic rings. The number of ether oxygens (including phenoxy) is 2. The maximum absolute atomic E-state index is 14.1. The minimum Gasteiger partial charge on any atom is -0.427 e. The fourth-order valence-electron chi connectivity index (χ4n) is 13.7. The van der Waals surface area contributed by atoms with Gasteiger partial charge < -0.3 is 19.3 Å². The minimum atomic E-state index is -4.74. The molecule has 6 aliphatic rings. The summed E-state index contributed by atoms with van der Waals surface area (Å²) in [6.07, 6.45) is -11.2. The van der Waals surface area contributed by atoms with E-state index in [0.717, 1.165) is 67.8 Å². The summed E-state index contributed by atoms with van der Waals surface area (Å²) in [5.74, 6) is -4.78. The molecule has 2 aliphatic carbocycles. The number of aliphatic imine (C=N–C) groups is 1. The van der Waals surface area contributed by atoms with Crippen LogP contribution in [-0.2, 0) is 52.7 Å². The standard InChI is InChI=1S/C37H29F4N3O4.C24H19BrF4N2O4.C13H11N.2CH4/c38-27-13-11-23(12-14-27)30-17-18-31(37(39,40)41)44(30)32(45)22-43-34(46)36(48-35(43)47)20-19-26-21-28(15-16-29(26)36)42-33(24-7-3-1-4-8-24)25-9-5-2-6-10-25;25-15-3-6-17-14(11-15)9-10-23(17)21(33)30(22(34)35-23)12-20(32)31-18(7-8-19(31)24(27,28)29)13-1-4-16(26)5-2-13;14-13(11-7-3-1-4-8-11)12-9-5-2-6-10-12;;/h1-16,21,30-31H,17-20,22H2;1-6,11,18-19H,7-10,12H2;1-10,14H;2*1H4/t30-,31+,36+;18-,19+,23+;;;/m00.../s1. The number of benzene rings is 8. The summed E-state index contributed by atoms with van der Waals surface area (Å²) in [4.78, 5) is 87.3. The minimum absolute atomic E-state index is 0. The monoisotopic (exact) mass is 1420 g/mol. The van der Waals surface area contributed by atoms with Crippen LogP contribution in [-0.4, -0.2) is 104 Å². The van der Waals surface area contributed by atoms with E-state index in [1.54, 1.807) is 24.3 Å². The predicted octanol–water partition coefficient (Wildman–Crippen LogP) is 16.8. The number of rotatable bonds is 11. The van der Waals surface area contributed by atoms with Gasteiger partial charge in [0.1, 0.15) is 36.8 Å². The highest BCUT2D eigenvalue weighted by molar-refractivity contribution is 9.10. The first kappa shape index (κ1) is 71.6. The van der Waals surface area contributed by atoms with Gasteiger partial charge in [0.25, 0.3) is 11.8 Å². The number of nitrogens with zero attached hydrogens (tertiary/aromatic N) is 5. The van der Waals surface area contributed by atoms with Crippen molar-refractivity contribution in [2.75, 3.05) is 13.1 Å². The lowest BCUT2D eigenvalue weighted by molar-refractivity contribution is -0.186. The van der Waals surface area contributed by atoms with Gasteiger partial charge in [0.15, 0.2) is 0 Å². The van der Waals surface area contributed by atoms with Gasteiger partial charge in [-0.05, 0) is 120 Å². The maximum atomic E-state index is 14.1. The van der Waals surface area contributed by atoms with Gasteiger partial charge in [-0.1, -0.05) is 189 Å². The Balaban J connectivity index is 0.000000181. The van der Waals surface area contributed by atoms with Gasteiger partial charge in [0.05, 0.1) is 29.2 Å². The molecule has 512 valence electrons. The number of carbonyl (C=O) groups excluding carboxylic acids is 6. The third kappa shape index (κ3) is 14.4. The second-order valence-electron chi connectivity index (χ2n) is 24.1. The highest BCUT2D eigenvalue weighted by Gasteiger charge is 2.62. The molecule has 0 bridgehead atoms. The Morgan fingerprint density at radius 3 is 1.24 bits per heavy atom. The lowest BCUT2D eigenvalue weighted by atomic mass is 9.94. The van der Waals surface area contributed by atoms with E-state index in [2.05, 4.69) is 15.9 Å². The molecule has 99 heavy (non-hydrogen) atoms. The zero-order chi connectivity index (χ0) is 68.6. The van der Waals surface area contributed by atoms with Crippen LogP contribution in [0.3, 0.4) is 0 Å². The molecule has 6 atom stereocenters. The number of hydrogen-bond donors (Lipinski definition) is 1. The zero-order valence-corrected chi connectivity index (χ0v) is 53.0. The maximum Gasteiger partial charge on any atom is 0.418 e. The Labute approximate surface area is 574 Å². The van der Waals surface area contributed by atoms with Crippen LogP contribution in [0.2, 0.25) is 0 Å². The first-order valence-corrected chi connectivity index (χ1v) is 31.9. The number of likely N-dealkylation sites (tertiary alicyclic amines) is 2. The predicted molar refractivity (Wildman–Crippen MR) is 358 cm³/mol. The Hall–Kier alpha value is -10.2. The summed E-state index contributed by atoms with van der Waals surface area (Å²) in [6, 6.07) is 52.9. The van der Waals surface area contributed by atoms with Crippen LogP contribution < -0.4 is 0 Å². The van der Waals surface area contributed by atoms with Crippen LogP contribution in [0.4, 0.5) is 50.4 Å². The topological polar surface area (TPSA) is 170 Å². The number of amides is 6. The van der Waals surface area contributed by atoms with Gasteiger partial charge >= 0.3 is 24.5 Å². The van der Waals surface area contributed by atoms with Crippen molar-refractivity contribution in [1.29, 1.82) is 5.41 Å². The van der Waals surface area contributed by atoms with Crippen LogP contribution in [0.1, 0.15) is 121 Å². The highest BCUT2D eigenvalue weighted by atomic mass is 79.9. The van der Waals surface area contributed by atoms with Crippen molar-refractivity contribution in [2.45, 2.75) is 114 Å². The van der Waals surface area contributed by atoms with Crippen molar-refractivity contribution in [1.82, 2.24) is 19.6 Å². The van der Waals surface area contributed by atoms with E-state index in [4.69, 9.17) is 19.9 Å². The number of imide groups is 2. The Morgan fingerprint density at radius 1 is 0.495 bits per heavy atom. The molecule has 0 aromatic heterocycles. The van der Waals surface area contributed by atoms with Crippen molar-refractivity contribution in [3.63, 3.8) is 0 Å². The summed E-state index contributed by atoms with van der Waals surface area (Å²) >= 11 is 3.36. The number of nitrogens with one attached hydrogen (secondary N) is 1. The van der Waals surface area contributed by atoms with Gasteiger partial charge in [0, 0.05) is 39.6 Å². The molecule has 0 radical (unpaired) electrons. The van der Waals surface area contributed by atoms with Crippen LogP contribution in [0, 0.1) is 17.0 Å². The Morgan fingerprint density at radius 2 is 0.859 bits per heavy atom. The number of fused-ring (bicyclic) bond motifs is 4. The molecule has 0 saturated carbocycles. The average molecular weight is 1420 g/mol. The van der Waals surface area contributed by atoms with Crippen molar-refractivity contribution in [3.05, 3.63) is 278 Å². The van der Waals surface area contributed by atoms with Crippen LogP contribution >= 0.6 is 15.9 Å². The molecule has 23 heteroatoms. The molecule has 4 saturated heterocycles. The molecular formula is C76H67BrF8N6O8. The first-order chi connectivity index (χ1) is 46.4. The lowest BCUT2D eigenvalue weighted by Crippen LogP contribution is -2.50. The summed E-state index contributed by atoms with van der Waals surface area (Å²) in [5, 5.41) is 7.97. The molecule has 4 heterocycles. The number of hydrogen-bond acceptors (Lipinski definition) is 10. The molecule has 8 aromatic carbocycles. The molecule has 14 rings (SSSR count). The van der Waals surface area contributed by atoms with E-state index in [1.807, 2.05) is 133 Å². The normalized spacial score (nSPS) is 21.1. The van der Waals surface area contributed by atoms with E-state index in [-0.39, 0.29) is 53.4 Å². The van der Waals surface area contributed by atoms with E-state index in [9.17, 15) is 63.9 Å². The smallest absolute Gasteiger partial charge is 0.418 e. The van der Waals surface area contributed by atoms with Crippen molar-refractivity contribution < 1.29 is 73.4 Å².